The lowest BCUT2D eigenvalue weighted by Crippen LogP contribution is -2.52. The predicted octanol–water partition coefficient (Wildman–Crippen LogP) is 0.663. The molecule has 4 aliphatic rings. The Morgan fingerprint density at radius 3 is 2.79 bits per heavy atom. The fraction of sp³-hybridized carbons (Fsp3) is 0.571. The van der Waals surface area contributed by atoms with Gasteiger partial charge in [-0.1, -0.05) is 18.2 Å². The molecule has 5 atom stereocenters. The second kappa shape index (κ2) is 6.67. The first-order chi connectivity index (χ1) is 13.5. The summed E-state index contributed by atoms with van der Waals surface area (Å²) in [6.07, 6.45) is 4.10. The van der Waals surface area contributed by atoms with E-state index >= 15 is 0 Å². The van der Waals surface area contributed by atoms with E-state index in [-0.39, 0.29) is 24.1 Å². The van der Waals surface area contributed by atoms with Gasteiger partial charge in [-0.15, -0.1) is 0 Å². The number of hydrogen-bond donors (Lipinski definition) is 3. The van der Waals surface area contributed by atoms with Crippen LogP contribution in [0.1, 0.15) is 53.6 Å². The number of nitrogens with two attached hydrogens (primary N) is 1. The Kier molecular flexibility index (Phi) is 4.25. The number of hydrogen-bond acceptors (Lipinski definition) is 5. The molecule has 1 saturated heterocycles. The van der Waals surface area contributed by atoms with Gasteiger partial charge in [-0.2, -0.15) is 0 Å². The van der Waals surface area contributed by atoms with Crippen LogP contribution in [0.5, 0.6) is 0 Å². The van der Waals surface area contributed by atoms with Gasteiger partial charge in [0.2, 0.25) is 11.8 Å². The van der Waals surface area contributed by atoms with Crippen molar-refractivity contribution in [2.75, 3.05) is 0 Å². The predicted molar refractivity (Wildman–Crippen MR) is 102 cm³/mol. The Morgan fingerprint density at radius 2 is 2.04 bits per heavy atom. The number of benzene rings is 1. The monoisotopic (exact) mass is 382 g/mol. The van der Waals surface area contributed by atoms with Crippen molar-refractivity contribution in [3.8, 4) is 0 Å². The summed E-state index contributed by atoms with van der Waals surface area (Å²) in [5.74, 6) is 0.688. The number of nitrogens with one attached hydrogen (secondary N) is 2. The molecule has 4 N–H and O–H groups in total. The molecule has 148 valence electrons. The third kappa shape index (κ3) is 2.84. The summed E-state index contributed by atoms with van der Waals surface area (Å²) in [7, 11) is 0. The maximum Gasteiger partial charge on any atom is 0.255 e. The number of imide groups is 1. The molecule has 3 amide bonds. The van der Waals surface area contributed by atoms with Crippen molar-refractivity contribution in [3.05, 3.63) is 34.9 Å². The van der Waals surface area contributed by atoms with Crippen LogP contribution >= 0.6 is 0 Å². The summed E-state index contributed by atoms with van der Waals surface area (Å²) in [5, 5.41) is 5.98. The smallest absolute Gasteiger partial charge is 0.255 e. The van der Waals surface area contributed by atoms with Crippen LogP contribution in [0.15, 0.2) is 18.2 Å². The Balaban J connectivity index is 1.29. The average molecular weight is 382 g/mol. The number of carbonyl (C=O) groups excluding carboxylic acids is 3. The van der Waals surface area contributed by atoms with Crippen molar-refractivity contribution in [1.82, 2.24) is 15.5 Å². The maximum atomic E-state index is 13.1. The van der Waals surface area contributed by atoms with E-state index in [1.54, 1.807) is 4.90 Å². The van der Waals surface area contributed by atoms with Crippen molar-refractivity contribution in [2.24, 2.45) is 17.6 Å². The van der Waals surface area contributed by atoms with Crippen LogP contribution in [0, 0.1) is 11.8 Å². The summed E-state index contributed by atoms with van der Waals surface area (Å²) >= 11 is 0. The lowest BCUT2D eigenvalue weighted by Gasteiger charge is -2.37. The topological polar surface area (TPSA) is 105 Å². The summed E-state index contributed by atoms with van der Waals surface area (Å²) in [4.78, 5) is 38.4. The second-order valence-electron chi connectivity index (χ2n) is 8.72. The van der Waals surface area contributed by atoms with Gasteiger partial charge in [0.25, 0.3) is 5.91 Å². The van der Waals surface area contributed by atoms with Gasteiger partial charge in [-0.05, 0) is 48.6 Å². The molecule has 7 nitrogen and oxygen atoms in total. The third-order valence-corrected chi connectivity index (χ3v) is 7.09. The molecule has 3 fully saturated rings. The molecule has 2 heterocycles. The van der Waals surface area contributed by atoms with E-state index in [0.29, 0.717) is 37.5 Å². The highest BCUT2D eigenvalue weighted by atomic mass is 16.2. The molecular weight excluding hydrogens is 356 g/mol. The van der Waals surface area contributed by atoms with E-state index in [1.165, 1.54) is 6.42 Å². The molecule has 2 saturated carbocycles. The minimum atomic E-state index is -0.564. The summed E-state index contributed by atoms with van der Waals surface area (Å²) in [6.45, 7) is 1.08. The number of nitrogens with zero attached hydrogens (tertiary/aromatic N) is 1. The first kappa shape index (κ1) is 17.8. The van der Waals surface area contributed by atoms with Gasteiger partial charge >= 0.3 is 0 Å². The minimum Gasteiger partial charge on any atom is -0.327 e. The van der Waals surface area contributed by atoms with E-state index in [2.05, 4.69) is 10.6 Å². The molecule has 0 spiro atoms. The van der Waals surface area contributed by atoms with Crippen molar-refractivity contribution < 1.29 is 14.4 Å². The van der Waals surface area contributed by atoms with E-state index in [9.17, 15) is 14.4 Å². The van der Waals surface area contributed by atoms with Crippen LogP contribution in [-0.2, 0) is 22.7 Å². The maximum absolute atomic E-state index is 13.1. The first-order valence-electron chi connectivity index (χ1n) is 10.3. The van der Waals surface area contributed by atoms with Crippen LogP contribution in [0.3, 0.4) is 0 Å². The second-order valence-corrected chi connectivity index (χ2v) is 8.72. The summed E-state index contributed by atoms with van der Waals surface area (Å²) < 4.78 is 0. The standard InChI is InChI=1S/C21H26N4O3/c22-16-7-13-6-14(8-15(13)16)23-9-11-2-1-3-12-10-25(21(28)19(11)12)17-4-5-18(26)24-20(17)27/h1-3,13-17,23H,4-10,22H2,(H,24,26,27)/t13-,14?,15-,16+,17?/m0/s1. The zero-order chi connectivity index (χ0) is 19.4. The number of rotatable bonds is 4. The number of amides is 3. The minimum absolute atomic E-state index is 0.101. The highest BCUT2D eigenvalue weighted by molar-refractivity contribution is 6.05. The zero-order valence-corrected chi connectivity index (χ0v) is 15.8. The number of carbonyl (C=O) groups is 3. The lowest BCUT2D eigenvalue weighted by molar-refractivity contribution is -0.136. The summed E-state index contributed by atoms with van der Waals surface area (Å²) in [5.41, 5.74) is 8.77. The highest BCUT2D eigenvalue weighted by Crippen LogP contribution is 2.46. The van der Waals surface area contributed by atoms with Crippen molar-refractivity contribution in [3.63, 3.8) is 0 Å². The molecule has 1 aromatic carbocycles. The van der Waals surface area contributed by atoms with E-state index in [4.69, 9.17) is 5.73 Å². The van der Waals surface area contributed by atoms with Crippen LogP contribution in [0.25, 0.3) is 0 Å². The molecule has 2 aliphatic carbocycles. The van der Waals surface area contributed by atoms with E-state index in [1.807, 2.05) is 18.2 Å². The third-order valence-electron chi connectivity index (χ3n) is 7.09. The molecule has 7 heteroatoms. The fourth-order valence-corrected chi connectivity index (χ4v) is 5.54. The SMILES string of the molecule is N[C@@H]1C[C@@H]2CC(NCc3cccc4c3C(=O)N(C3CCC(=O)NC3=O)C4)C[C@@H]21. The van der Waals surface area contributed by atoms with Gasteiger partial charge in [0.1, 0.15) is 6.04 Å². The Bertz CT molecular complexity index is 854. The Labute approximate surface area is 164 Å². The molecule has 1 aromatic rings. The van der Waals surface area contributed by atoms with Gasteiger partial charge < -0.3 is 16.0 Å². The molecule has 2 unspecified atom stereocenters. The fourth-order valence-electron chi connectivity index (χ4n) is 5.54. The Morgan fingerprint density at radius 1 is 1.18 bits per heavy atom. The van der Waals surface area contributed by atoms with Crippen molar-refractivity contribution >= 4 is 17.7 Å². The molecular formula is C21H26N4O3. The largest absolute Gasteiger partial charge is 0.327 e. The molecule has 0 radical (unpaired) electrons. The van der Waals surface area contributed by atoms with Gasteiger partial charge in [0.15, 0.2) is 0 Å². The molecule has 2 aliphatic heterocycles. The van der Waals surface area contributed by atoms with Gasteiger partial charge in [0.05, 0.1) is 0 Å². The van der Waals surface area contributed by atoms with E-state index in [0.717, 1.165) is 35.4 Å². The zero-order valence-electron chi connectivity index (χ0n) is 15.8. The molecule has 5 rings (SSSR count). The summed E-state index contributed by atoms with van der Waals surface area (Å²) in [6, 6.07) is 6.18. The average Bonchev–Trinajstić information content (AvgIpc) is 3.18. The van der Waals surface area contributed by atoms with Crippen LogP contribution < -0.4 is 16.4 Å². The lowest BCUT2D eigenvalue weighted by atomic mass is 9.72. The number of fused-ring (bicyclic) bond motifs is 2. The first-order valence-corrected chi connectivity index (χ1v) is 10.3. The quantitative estimate of drug-likeness (QED) is 0.664. The Hall–Kier alpha value is -2.25. The van der Waals surface area contributed by atoms with Gasteiger partial charge in [-0.25, -0.2) is 0 Å². The van der Waals surface area contributed by atoms with Crippen molar-refractivity contribution in [2.45, 2.75) is 63.3 Å². The highest BCUT2D eigenvalue weighted by Gasteiger charge is 2.46. The molecule has 0 aromatic heterocycles. The normalized spacial score (nSPS) is 34.1. The van der Waals surface area contributed by atoms with Crippen LogP contribution in [0.2, 0.25) is 0 Å². The number of piperidine rings is 1. The van der Waals surface area contributed by atoms with Gasteiger partial charge in [0, 0.05) is 37.2 Å². The van der Waals surface area contributed by atoms with Crippen LogP contribution in [-0.4, -0.2) is 40.7 Å². The van der Waals surface area contributed by atoms with Crippen LogP contribution in [0.4, 0.5) is 0 Å². The van der Waals surface area contributed by atoms with Gasteiger partial charge in [-0.3, -0.25) is 19.7 Å². The molecule has 28 heavy (non-hydrogen) atoms. The molecule has 0 bridgehead atoms. The van der Waals surface area contributed by atoms with E-state index < -0.39 is 6.04 Å². The van der Waals surface area contributed by atoms with Crippen molar-refractivity contribution in [1.29, 1.82) is 0 Å².